The topological polar surface area (TPSA) is 63.1 Å². The summed E-state index contributed by atoms with van der Waals surface area (Å²) < 4.78 is 12.9. The molecule has 1 aromatic heterocycles. The van der Waals surface area contributed by atoms with Crippen molar-refractivity contribution in [3.63, 3.8) is 0 Å². The van der Waals surface area contributed by atoms with Crippen LogP contribution in [0, 0.1) is 5.82 Å². The number of nitrogens with zero attached hydrogens (tertiary/aromatic N) is 4. The van der Waals surface area contributed by atoms with E-state index in [1.54, 1.807) is 12.1 Å². The van der Waals surface area contributed by atoms with Crippen LogP contribution in [0.3, 0.4) is 0 Å². The Hall–Kier alpha value is -1.99. The molecule has 1 unspecified atom stereocenters. The highest BCUT2D eigenvalue weighted by Gasteiger charge is 2.30. The first-order valence-electron chi connectivity index (χ1n) is 7.33. The monoisotopic (exact) mass is 339 g/mol. The van der Waals surface area contributed by atoms with Crippen molar-refractivity contribution >= 4 is 18.3 Å². The lowest BCUT2D eigenvalue weighted by Crippen LogP contribution is -2.41. The lowest BCUT2D eigenvalue weighted by atomic mass is 10.2. The van der Waals surface area contributed by atoms with E-state index in [1.165, 1.54) is 23.1 Å². The van der Waals surface area contributed by atoms with Gasteiger partial charge in [0.2, 0.25) is 0 Å². The molecular formula is C15H19ClFN5O. The highest BCUT2D eigenvalue weighted by atomic mass is 35.5. The van der Waals surface area contributed by atoms with Crippen LogP contribution in [0.5, 0.6) is 0 Å². The maximum Gasteiger partial charge on any atom is 0.276 e. The first-order chi connectivity index (χ1) is 10.7. The minimum absolute atomic E-state index is 0. The van der Waals surface area contributed by atoms with Crippen molar-refractivity contribution in [3.8, 4) is 5.69 Å². The van der Waals surface area contributed by atoms with E-state index in [4.69, 9.17) is 0 Å². The van der Waals surface area contributed by atoms with Gasteiger partial charge in [0, 0.05) is 19.1 Å². The predicted molar refractivity (Wildman–Crippen MR) is 86.6 cm³/mol. The number of hydrogen-bond donors (Lipinski definition) is 1. The van der Waals surface area contributed by atoms with Gasteiger partial charge in [-0.3, -0.25) is 4.79 Å². The Bertz CT molecular complexity index is 660. The van der Waals surface area contributed by atoms with Crippen molar-refractivity contribution in [3.05, 3.63) is 42.0 Å². The molecule has 1 amide bonds. The molecule has 1 saturated heterocycles. The summed E-state index contributed by atoms with van der Waals surface area (Å²) in [4.78, 5) is 15.7. The van der Waals surface area contributed by atoms with Crippen LogP contribution in [-0.4, -0.2) is 52.0 Å². The van der Waals surface area contributed by atoms with Crippen molar-refractivity contribution in [1.29, 1.82) is 0 Å². The Morgan fingerprint density at radius 3 is 2.83 bits per heavy atom. The van der Waals surface area contributed by atoms with Crippen LogP contribution in [0.15, 0.2) is 30.5 Å². The maximum atomic E-state index is 12.9. The fourth-order valence-corrected chi connectivity index (χ4v) is 2.76. The smallest absolute Gasteiger partial charge is 0.276 e. The van der Waals surface area contributed by atoms with Crippen LogP contribution in [0.25, 0.3) is 5.69 Å². The van der Waals surface area contributed by atoms with E-state index in [0.29, 0.717) is 11.4 Å². The molecule has 1 aliphatic heterocycles. The van der Waals surface area contributed by atoms with Gasteiger partial charge in [0.15, 0.2) is 5.69 Å². The normalized spacial score (nSPS) is 17.1. The molecule has 1 atom stereocenters. The van der Waals surface area contributed by atoms with Gasteiger partial charge in [-0.15, -0.1) is 17.5 Å². The van der Waals surface area contributed by atoms with E-state index < -0.39 is 0 Å². The van der Waals surface area contributed by atoms with Gasteiger partial charge >= 0.3 is 0 Å². The fourth-order valence-electron chi connectivity index (χ4n) is 2.76. The molecule has 2 heterocycles. The summed E-state index contributed by atoms with van der Waals surface area (Å²) in [5, 5.41) is 11.4. The lowest BCUT2D eigenvalue weighted by molar-refractivity contribution is 0.0730. The van der Waals surface area contributed by atoms with Gasteiger partial charge in [0.1, 0.15) is 5.82 Å². The second kappa shape index (κ2) is 7.52. The van der Waals surface area contributed by atoms with Crippen LogP contribution in [0.4, 0.5) is 4.39 Å². The number of nitrogens with one attached hydrogen (secondary N) is 1. The Kier molecular flexibility index (Phi) is 5.68. The SMILES string of the molecule is CNCC1CCCN1C(=O)c1cnn(-c2ccc(F)cc2)n1.Cl. The molecule has 1 aliphatic rings. The minimum Gasteiger partial charge on any atom is -0.333 e. The van der Waals surface area contributed by atoms with E-state index in [9.17, 15) is 9.18 Å². The minimum atomic E-state index is -0.320. The number of carbonyl (C=O) groups excluding carboxylic acids is 1. The summed E-state index contributed by atoms with van der Waals surface area (Å²) in [5.41, 5.74) is 0.931. The van der Waals surface area contributed by atoms with Gasteiger partial charge in [-0.2, -0.15) is 9.90 Å². The molecule has 8 heteroatoms. The molecule has 1 aromatic carbocycles. The molecule has 0 spiro atoms. The van der Waals surface area contributed by atoms with Crippen LogP contribution < -0.4 is 5.32 Å². The molecule has 6 nitrogen and oxygen atoms in total. The predicted octanol–water partition coefficient (Wildman–Crippen LogP) is 1.65. The number of likely N-dealkylation sites (N-methyl/N-ethyl adjacent to an activating group) is 1. The molecule has 0 aliphatic carbocycles. The van der Waals surface area contributed by atoms with Gasteiger partial charge in [0.25, 0.3) is 5.91 Å². The number of likely N-dealkylation sites (tertiary alicyclic amines) is 1. The molecular weight excluding hydrogens is 321 g/mol. The number of benzene rings is 1. The molecule has 1 fully saturated rings. The third-order valence-corrected chi connectivity index (χ3v) is 3.85. The van der Waals surface area contributed by atoms with E-state index in [1.807, 2.05) is 11.9 Å². The zero-order chi connectivity index (χ0) is 15.5. The summed E-state index contributed by atoms with van der Waals surface area (Å²) in [5.74, 6) is -0.426. The summed E-state index contributed by atoms with van der Waals surface area (Å²) in [6.07, 6.45) is 3.46. The number of amides is 1. The Morgan fingerprint density at radius 2 is 2.13 bits per heavy atom. The van der Waals surface area contributed by atoms with E-state index in [2.05, 4.69) is 15.5 Å². The molecule has 124 valence electrons. The van der Waals surface area contributed by atoms with Gasteiger partial charge in [0.05, 0.1) is 11.9 Å². The summed E-state index contributed by atoms with van der Waals surface area (Å²) in [6.45, 7) is 1.52. The zero-order valence-corrected chi connectivity index (χ0v) is 13.6. The second-order valence-electron chi connectivity index (χ2n) is 5.35. The van der Waals surface area contributed by atoms with Crippen molar-refractivity contribution in [2.45, 2.75) is 18.9 Å². The summed E-state index contributed by atoms with van der Waals surface area (Å²) in [6, 6.07) is 6.02. The highest BCUT2D eigenvalue weighted by Crippen LogP contribution is 2.19. The molecule has 2 aromatic rings. The third-order valence-electron chi connectivity index (χ3n) is 3.85. The van der Waals surface area contributed by atoms with E-state index >= 15 is 0 Å². The van der Waals surface area contributed by atoms with Crippen LogP contribution in [0.1, 0.15) is 23.3 Å². The molecule has 0 bridgehead atoms. The number of carbonyl (C=O) groups is 1. The number of halogens is 2. The number of rotatable bonds is 4. The average molecular weight is 340 g/mol. The third kappa shape index (κ3) is 3.68. The fraction of sp³-hybridized carbons (Fsp3) is 0.400. The Morgan fingerprint density at radius 1 is 1.39 bits per heavy atom. The van der Waals surface area contributed by atoms with Crippen molar-refractivity contribution < 1.29 is 9.18 Å². The lowest BCUT2D eigenvalue weighted by Gasteiger charge is -2.23. The first-order valence-corrected chi connectivity index (χ1v) is 7.33. The summed E-state index contributed by atoms with van der Waals surface area (Å²) in [7, 11) is 1.88. The van der Waals surface area contributed by atoms with Gasteiger partial charge in [-0.25, -0.2) is 4.39 Å². The zero-order valence-electron chi connectivity index (χ0n) is 12.8. The van der Waals surface area contributed by atoms with Crippen molar-refractivity contribution in [1.82, 2.24) is 25.2 Å². The largest absolute Gasteiger partial charge is 0.333 e. The standard InChI is InChI=1S/C15H18FN5O.ClH/c1-17-9-13-3-2-8-20(13)15(22)14-10-18-21(19-14)12-6-4-11(16)5-7-12;/h4-7,10,13,17H,2-3,8-9H2,1H3;1H. The van der Waals surface area contributed by atoms with Gasteiger partial charge < -0.3 is 10.2 Å². The second-order valence-corrected chi connectivity index (χ2v) is 5.35. The Labute approximate surface area is 140 Å². The number of aromatic nitrogens is 3. The van der Waals surface area contributed by atoms with Crippen molar-refractivity contribution in [2.24, 2.45) is 0 Å². The molecule has 1 N–H and O–H groups in total. The Balaban J connectivity index is 0.00000192. The highest BCUT2D eigenvalue weighted by molar-refractivity contribution is 5.92. The van der Waals surface area contributed by atoms with Gasteiger partial charge in [-0.05, 0) is 44.2 Å². The van der Waals surface area contributed by atoms with Crippen LogP contribution >= 0.6 is 12.4 Å². The molecule has 3 rings (SSSR count). The summed E-state index contributed by atoms with van der Waals surface area (Å²) >= 11 is 0. The molecule has 23 heavy (non-hydrogen) atoms. The first kappa shape index (κ1) is 17.4. The quantitative estimate of drug-likeness (QED) is 0.920. The van der Waals surface area contributed by atoms with Crippen LogP contribution in [0.2, 0.25) is 0 Å². The molecule has 0 radical (unpaired) electrons. The van der Waals surface area contributed by atoms with Crippen molar-refractivity contribution in [2.75, 3.05) is 20.1 Å². The van der Waals surface area contributed by atoms with Gasteiger partial charge in [-0.1, -0.05) is 0 Å². The average Bonchev–Trinajstić information content (AvgIpc) is 3.17. The van der Waals surface area contributed by atoms with Crippen LogP contribution in [-0.2, 0) is 0 Å². The maximum absolute atomic E-state index is 12.9. The number of hydrogen-bond acceptors (Lipinski definition) is 4. The van der Waals surface area contributed by atoms with E-state index in [0.717, 1.165) is 25.9 Å². The molecule has 0 saturated carbocycles. The van der Waals surface area contributed by atoms with E-state index in [-0.39, 0.29) is 30.2 Å².